The number of H-pyrrole nitrogens is 1. The van der Waals surface area contributed by atoms with Crippen molar-refractivity contribution in [1.29, 1.82) is 0 Å². The van der Waals surface area contributed by atoms with Crippen LogP contribution in [0.2, 0.25) is 0 Å². The first-order chi connectivity index (χ1) is 8.77. The number of carbonyl (C=O) groups is 1. The first kappa shape index (κ1) is 11.7. The molecule has 0 bridgehead atoms. The van der Waals surface area contributed by atoms with Crippen LogP contribution in [-0.2, 0) is 11.2 Å². The van der Waals surface area contributed by atoms with Gasteiger partial charge in [-0.3, -0.25) is 9.89 Å². The second-order valence-corrected chi connectivity index (χ2v) is 5.57. The van der Waals surface area contributed by atoms with Gasteiger partial charge in [0.15, 0.2) is 0 Å². The van der Waals surface area contributed by atoms with E-state index in [1.54, 1.807) is 6.20 Å². The second-order valence-electron chi connectivity index (χ2n) is 5.57. The van der Waals surface area contributed by atoms with Crippen LogP contribution in [0.4, 0.5) is 0 Å². The van der Waals surface area contributed by atoms with Crippen molar-refractivity contribution >= 4 is 5.91 Å². The molecular formula is C13H20N4O. The summed E-state index contributed by atoms with van der Waals surface area (Å²) >= 11 is 0. The molecule has 5 nitrogen and oxygen atoms in total. The fourth-order valence-electron chi connectivity index (χ4n) is 3.11. The van der Waals surface area contributed by atoms with Crippen LogP contribution in [0.25, 0.3) is 0 Å². The van der Waals surface area contributed by atoms with E-state index in [2.05, 4.69) is 15.5 Å². The maximum Gasteiger partial charge on any atom is 0.228 e. The van der Waals surface area contributed by atoms with Crippen molar-refractivity contribution in [3.05, 3.63) is 18.0 Å². The van der Waals surface area contributed by atoms with Crippen LogP contribution in [0.1, 0.15) is 25.0 Å². The van der Waals surface area contributed by atoms with Crippen LogP contribution >= 0.6 is 0 Å². The standard InChI is InChI=1S/C13H20N4O/c18-12(9-11-1-5-15-16-11)17-7-3-13(4-8-17)2-6-14-10-13/h1,5,14H,2-4,6-10H2,(H,15,16). The molecule has 0 atom stereocenters. The van der Waals surface area contributed by atoms with Gasteiger partial charge in [-0.2, -0.15) is 5.10 Å². The highest BCUT2D eigenvalue weighted by atomic mass is 16.2. The minimum absolute atomic E-state index is 0.222. The summed E-state index contributed by atoms with van der Waals surface area (Å²) in [6.45, 7) is 4.10. The molecule has 1 amide bonds. The van der Waals surface area contributed by atoms with Crippen LogP contribution in [0.3, 0.4) is 0 Å². The number of aromatic amines is 1. The number of hydrogen-bond acceptors (Lipinski definition) is 3. The Morgan fingerprint density at radius 3 is 2.83 bits per heavy atom. The summed E-state index contributed by atoms with van der Waals surface area (Å²) in [6.07, 6.45) is 5.71. The Labute approximate surface area is 107 Å². The molecule has 2 fully saturated rings. The molecule has 0 saturated carbocycles. The van der Waals surface area contributed by atoms with Gasteiger partial charge in [0.25, 0.3) is 0 Å². The molecule has 0 radical (unpaired) electrons. The zero-order chi connectivity index (χ0) is 12.4. The number of rotatable bonds is 2. The largest absolute Gasteiger partial charge is 0.342 e. The molecule has 3 rings (SSSR count). The molecule has 0 unspecified atom stereocenters. The van der Waals surface area contributed by atoms with Gasteiger partial charge in [-0.05, 0) is 37.3 Å². The maximum absolute atomic E-state index is 12.1. The van der Waals surface area contributed by atoms with Crippen LogP contribution in [-0.4, -0.2) is 47.2 Å². The highest BCUT2D eigenvalue weighted by Crippen LogP contribution is 2.36. The van der Waals surface area contributed by atoms with E-state index in [1.165, 1.54) is 6.42 Å². The second kappa shape index (κ2) is 4.72. The van der Waals surface area contributed by atoms with Crippen molar-refractivity contribution in [3.63, 3.8) is 0 Å². The predicted octanol–water partition coefficient (Wildman–Crippen LogP) is 0.554. The van der Waals surface area contributed by atoms with E-state index in [1.807, 2.05) is 11.0 Å². The molecule has 1 aromatic heterocycles. The number of piperidine rings is 1. The average Bonchev–Trinajstić information content (AvgIpc) is 3.03. The molecule has 2 aliphatic rings. The van der Waals surface area contributed by atoms with Crippen molar-refractivity contribution in [1.82, 2.24) is 20.4 Å². The molecule has 1 aromatic rings. The number of nitrogens with one attached hydrogen (secondary N) is 2. The smallest absolute Gasteiger partial charge is 0.228 e. The Bertz CT molecular complexity index is 399. The van der Waals surface area contributed by atoms with E-state index in [0.29, 0.717) is 11.8 Å². The third-order valence-electron chi connectivity index (χ3n) is 4.41. The van der Waals surface area contributed by atoms with E-state index in [9.17, 15) is 4.79 Å². The van der Waals surface area contributed by atoms with E-state index in [4.69, 9.17) is 0 Å². The van der Waals surface area contributed by atoms with Crippen molar-refractivity contribution in [2.24, 2.45) is 5.41 Å². The van der Waals surface area contributed by atoms with Crippen LogP contribution < -0.4 is 5.32 Å². The van der Waals surface area contributed by atoms with Crippen molar-refractivity contribution in [2.45, 2.75) is 25.7 Å². The third kappa shape index (κ3) is 2.27. The summed E-state index contributed by atoms with van der Waals surface area (Å²) in [7, 11) is 0. The minimum atomic E-state index is 0.222. The van der Waals surface area contributed by atoms with Gasteiger partial charge >= 0.3 is 0 Å². The lowest BCUT2D eigenvalue weighted by Gasteiger charge is -2.38. The summed E-state index contributed by atoms with van der Waals surface area (Å²) in [5, 5.41) is 10.2. The predicted molar refractivity (Wildman–Crippen MR) is 68.0 cm³/mol. The number of amides is 1. The normalized spacial score (nSPS) is 22.6. The summed E-state index contributed by atoms with van der Waals surface area (Å²) in [6, 6.07) is 1.87. The lowest BCUT2D eigenvalue weighted by molar-refractivity contribution is -0.132. The molecule has 2 saturated heterocycles. The van der Waals surface area contributed by atoms with Gasteiger partial charge in [0.1, 0.15) is 0 Å². The fourth-order valence-corrected chi connectivity index (χ4v) is 3.11. The zero-order valence-electron chi connectivity index (χ0n) is 10.6. The van der Waals surface area contributed by atoms with Gasteiger partial charge in [0.05, 0.1) is 6.42 Å². The van der Waals surface area contributed by atoms with Crippen molar-refractivity contribution in [3.8, 4) is 0 Å². The SMILES string of the molecule is O=C(Cc1ccn[nH]1)N1CCC2(CCNC2)CC1. The molecule has 2 N–H and O–H groups in total. The quantitative estimate of drug-likeness (QED) is 0.803. The number of nitrogens with zero attached hydrogens (tertiary/aromatic N) is 2. The lowest BCUT2D eigenvalue weighted by Crippen LogP contribution is -2.44. The maximum atomic E-state index is 12.1. The first-order valence-corrected chi connectivity index (χ1v) is 6.74. The summed E-state index contributed by atoms with van der Waals surface area (Å²) in [5.41, 5.74) is 1.38. The Morgan fingerprint density at radius 2 is 2.22 bits per heavy atom. The highest BCUT2D eigenvalue weighted by molar-refractivity contribution is 5.78. The van der Waals surface area contributed by atoms with Crippen LogP contribution in [0, 0.1) is 5.41 Å². The minimum Gasteiger partial charge on any atom is -0.342 e. The lowest BCUT2D eigenvalue weighted by atomic mass is 9.78. The molecule has 0 aliphatic carbocycles. The van der Waals surface area contributed by atoms with Gasteiger partial charge in [0, 0.05) is 31.5 Å². The van der Waals surface area contributed by atoms with E-state index in [-0.39, 0.29) is 5.91 Å². The molecule has 18 heavy (non-hydrogen) atoms. The van der Waals surface area contributed by atoms with Gasteiger partial charge in [-0.1, -0.05) is 0 Å². The molecule has 98 valence electrons. The van der Waals surface area contributed by atoms with Gasteiger partial charge in [0.2, 0.25) is 5.91 Å². The number of aromatic nitrogens is 2. The molecule has 1 spiro atoms. The van der Waals surface area contributed by atoms with Crippen molar-refractivity contribution < 1.29 is 4.79 Å². The van der Waals surface area contributed by atoms with Crippen LogP contribution in [0.5, 0.6) is 0 Å². The number of likely N-dealkylation sites (tertiary alicyclic amines) is 1. The summed E-state index contributed by atoms with van der Waals surface area (Å²) in [5.74, 6) is 0.222. The first-order valence-electron chi connectivity index (χ1n) is 6.74. The number of hydrogen-bond donors (Lipinski definition) is 2. The molecular weight excluding hydrogens is 228 g/mol. The summed E-state index contributed by atoms with van der Waals surface area (Å²) in [4.78, 5) is 14.1. The fraction of sp³-hybridized carbons (Fsp3) is 0.692. The van der Waals surface area contributed by atoms with Crippen LogP contribution in [0.15, 0.2) is 12.3 Å². The summed E-state index contributed by atoms with van der Waals surface area (Å²) < 4.78 is 0. The van der Waals surface area contributed by atoms with Crippen molar-refractivity contribution in [2.75, 3.05) is 26.2 Å². The Hall–Kier alpha value is -1.36. The molecule has 5 heteroatoms. The van der Waals surface area contributed by atoms with E-state index >= 15 is 0 Å². The Kier molecular flexibility index (Phi) is 3.07. The molecule has 2 aliphatic heterocycles. The highest BCUT2D eigenvalue weighted by Gasteiger charge is 2.37. The topological polar surface area (TPSA) is 61.0 Å². The molecule has 3 heterocycles. The van der Waals surface area contributed by atoms with E-state index < -0.39 is 0 Å². The Balaban J connectivity index is 1.54. The van der Waals surface area contributed by atoms with E-state index in [0.717, 1.165) is 44.7 Å². The third-order valence-corrected chi connectivity index (χ3v) is 4.41. The van der Waals surface area contributed by atoms with Gasteiger partial charge < -0.3 is 10.2 Å². The Morgan fingerprint density at radius 1 is 1.39 bits per heavy atom. The van der Waals surface area contributed by atoms with Gasteiger partial charge in [-0.25, -0.2) is 0 Å². The molecule has 0 aromatic carbocycles. The number of carbonyl (C=O) groups excluding carboxylic acids is 1. The van der Waals surface area contributed by atoms with Gasteiger partial charge in [-0.15, -0.1) is 0 Å². The average molecular weight is 248 g/mol. The monoisotopic (exact) mass is 248 g/mol. The zero-order valence-corrected chi connectivity index (χ0v) is 10.6.